The van der Waals surface area contributed by atoms with Crippen LogP contribution < -0.4 is 5.32 Å². The van der Waals surface area contributed by atoms with Crippen LogP contribution in [0.4, 0.5) is 11.5 Å². The minimum absolute atomic E-state index is 0.00456. The molecule has 0 amide bonds. The second-order valence-corrected chi connectivity index (χ2v) is 5.09. The fourth-order valence-corrected chi connectivity index (χ4v) is 1.63. The van der Waals surface area contributed by atoms with E-state index >= 15 is 0 Å². The van der Waals surface area contributed by atoms with Crippen molar-refractivity contribution in [3.05, 3.63) is 27.4 Å². The summed E-state index contributed by atoms with van der Waals surface area (Å²) in [7, 11) is 0. The van der Waals surface area contributed by atoms with E-state index in [9.17, 15) is 14.9 Å². The van der Waals surface area contributed by atoms with E-state index in [0.717, 1.165) is 6.20 Å². The summed E-state index contributed by atoms with van der Waals surface area (Å²) >= 11 is 5.90. The van der Waals surface area contributed by atoms with Gasteiger partial charge in [0, 0.05) is 18.0 Å². The molecule has 7 nitrogen and oxygen atoms in total. The van der Waals surface area contributed by atoms with Crippen LogP contribution in [0.3, 0.4) is 0 Å². The third-order valence-electron chi connectivity index (χ3n) is 2.46. The Morgan fingerprint density at radius 3 is 2.74 bits per heavy atom. The number of nitrogens with one attached hydrogen (secondary N) is 1. The quantitative estimate of drug-likeness (QED) is 0.615. The minimum Gasteiger partial charge on any atom is -0.481 e. The fraction of sp³-hybridized carbons (Fsp3) is 0.455. The topological polar surface area (TPSA) is 105 Å². The summed E-state index contributed by atoms with van der Waals surface area (Å²) in [6.45, 7) is 3.60. The molecule has 0 saturated carbocycles. The maximum absolute atomic E-state index is 10.5. The standard InChI is InChI=1S/C11H14ClN3O4/c1-11(2,4-3-9(16)17)14-10-8(12)5-7(6-13-10)15(18)19/h5-6H,3-4H2,1-2H3,(H,13,14)(H,16,17). The van der Waals surface area contributed by atoms with Gasteiger partial charge in [0.05, 0.1) is 9.95 Å². The van der Waals surface area contributed by atoms with Crippen molar-refractivity contribution >= 4 is 29.1 Å². The number of hydrogen-bond acceptors (Lipinski definition) is 5. The Morgan fingerprint density at radius 2 is 2.26 bits per heavy atom. The van der Waals surface area contributed by atoms with Gasteiger partial charge in [-0.3, -0.25) is 14.9 Å². The highest BCUT2D eigenvalue weighted by atomic mass is 35.5. The zero-order valence-corrected chi connectivity index (χ0v) is 11.3. The van der Waals surface area contributed by atoms with Crippen LogP contribution >= 0.6 is 11.6 Å². The lowest BCUT2D eigenvalue weighted by molar-refractivity contribution is -0.385. The van der Waals surface area contributed by atoms with Gasteiger partial charge in [-0.05, 0) is 20.3 Å². The Labute approximate surface area is 114 Å². The predicted octanol–water partition coefficient (Wildman–Crippen LogP) is 2.70. The molecular formula is C11H14ClN3O4. The molecule has 0 spiro atoms. The summed E-state index contributed by atoms with van der Waals surface area (Å²) in [6.07, 6.45) is 1.48. The summed E-state index contributed by atoms with van der Waals surface area (Å²) in [5.41, 5.74) is -0.732. The molecule has 19 heavy (non-hydrogen) atoms. The van der Waals surface area contributed by atoms with Crippen LogP contribution in [0.15, 0.2) is 12.3 Å². The Kier molecular flexibility index (Phi) is 4.66. The molecule has 0 bridgehead atoms. The number of anilines is 1. The highest BCUT2D eigenvalue weighted by Crippen LogP contribution is 2.27. The molecule has 0 fully saturated rings. The normalized spacial score (nSPS) is 11.1. The second kappa shape index (κ2) is 5.83. The summed E-state index contributed by atoms with van der Waals surface area (Å²) in [6, 6.07) is 1.20. The molecule has 0 aliphatic heterocycles. The van der Waals surface area contributed by atoms with E-state index in [-0.39, 0.29) is 17.1 Å². The summed E-state index contributed by atoms with van der Waals surface area (Å²) < 4.78 is 0. The number of carboxylic acids is 1. The monoisotopic (exact) mass is 287 g/mol. The molecule has 0 aromatic carbocycles. The number of pyridine rings is 1. The zero-order chi connectivity index (χ0) is 14.6. The van der Waals surface area contributed by atoms with Crippen LogP contribution in [0.5, 0.6) is 0 Å². The summed E-state index contributed by atoms with van der Waals surface area (Å²) in [5.74, 6) is -0.597. The number of carboxylic acid groups (broad SMARTS) is 1. The van der Waals surface area contributed by atoms with Gasteiger partial charge in [-0.25, -0.2) is 4.98 Å². The van der Waals surface area contributed by atoms with E-state index in [2.05, 4.69) is 10.3 Å². The number of rotatable bonds is 6. The number of nitrogens with zero attached hydrogens (tertiary/aromatic N) is 2. The third-order valence-corrected chi connectivity index (χ3v) is 2.75. The molecule has 0 aliphatic rings. The van der Waals surface area contributed by atoms with E-state index in [1.165, 1.54) is 6.07 Å². The number of nitro groups is 1. The first-order valence-corrected chi connectivity index (χ1v) is 5.89. The van der Waals surface area contributed by atoms with Gasteiger partial charge in [0.1, 0.15) is 12.0 Å². The van der Waals surface area contributed by atoms with Crippen LogP contribution in [0, 0.1) is 10.1 Å². The van der Waals surface area contributed by atoms with Gasteiger partial charge in [-0.1, -0.05) is 11.6 Å². The van der Waals surface area contributed by atoms with Crippen LogP contribution in [0.1, 0.15) is 26.7 Å². The molecular weight excluding hydrogens is 274 g/mol. The number of aromatic nitrogens is 1. The van der Waals surface area contributed by atoms with E-state index < -0.39 is 16.4 Å². The Bertz CT molecular complexity index is 505. The van der Waals surface area contributed by atoms with Gasteiger partial charge < -0.3 is 10.4 Å². The molecule has 1 rings (SSSR count). The van der Waals surface area contributed by atoms with Crippen molar-refractivity contribution in [2.24, 2.45) is 0 Å². The molecule has 0 unspecified atom stereocenters. The molecule has 0 atom stereocenters. The smallest absolute Gasteiger partial charge is 0.303 e. The van der Waals surface area contributed by atoms with Crippen LogP contribution in [-0.2, 0) is 4.79 Å². The van der Waals surface area contributed by atoms with E-state index in [0.29, 0.717) is 12.2 Å². The van der Waals surface area contributed by atoms with Crippen molar-refractivity contribution < 1.29 is 14.8 Å². The molecule has 1 aromatic rings. The largest absolute Gasteiger partial charge is 0.481 e. The highest BCUT2D eigenvalue weighted by Gasteiger charge is 2.21. The minimum atomic E-state index is -0.891. The fourth-order valence-electron chi connectivity index (χ4n) is 1.42. The first-order chi connectivity index (χ1) is 8.71. The first kappa shape index (κ1) is 15.2. The van der Waals surface area contributed by atoms with Gasteiger partial charge in [-0.2, -0.15) is 0 Å². The van der Waals surface area contributed by atoms with Crippen molar-refractivity contribution in [3.8, 4) is 0 Å². The molecule has 0 aliphatic carbocycles. The molecule has 1 aromatic heterocycles. The number of hydrogen-bond donors (Lipinski definition) is 2. The maximum atomic E-state index is 10.5. The van der Waals surface area contributed by atoms with Crippen LogP contribution in [-0.4, -0.2) is 26.5 Å². The van der Waals surface area contributed by atoms with Crippen molar-refractivity contribution in [3.63, 3.8) is 0 Å². The van der Waals surface area contributed by atoms with E-state index in [1.54, 1.807) is 13.8 Å². The lowest BCUT2D eigenvalue weighted by atomic mass is 9.98. The van der Waals surface area contributed by atoms with Crippen LogP contribution in [0.25, 0.3) is 0 Å². The predicted molar refractivity (Wildman–Crippen MR) is 70.5 cm³/mol. The average Bonchev–Trinajstić information content (AvgIpc) is 2.29. The number of carbonyl (C=O) groups is 1. The molecule has 0 radical (unpaired) electrons. The first-order valence-electron chi connectivity index (χ1n) is 5.51. The van der Waals surface area contributed by atoms with E-state index in [1.807, 2.05) is 0 Å². The van der Waals surface area contributed by atoms with Crippen LogP contribution in [0.2, 0.25) is 5.02 Å². The summed E-state index contributed by atoms with van der Waals surface area (Å²) in [5, 5.41) is 22.3. The molecule has 2 N–H and O–H groups in total. The number of aliphatic carboxylic acids is 1. The lowest BCUT2D eigenvalue weighted by Crippen LogP contribution is -2.32. The second-order valence-electron chi connectivity index (χ2n) is 4.68. The zero-order valence-electron chi connectivity index (χ0n) is 10.5. The van der Waals surface area contributed by atoms with E-state index in [4.69, 9.17) is 16.7 Å². The van der Waals surface area contributed by atoms with Gasteiger partial charge in [-0.15, -0.1) is 0 Å². The van der Waals surface area contributed by atoms with Gasteiger partial charge in [0.25, 0.3) is 5.69 Å². The number of halogens is 1. The van der Waals surface area contributed by atoms with Crippen molar-refractivity contribution in [2.75, 3.05) is 5.32 Å². The van der Waals surface area contributed by atoms with Crippen molar-refractivity contribution in [1.82, 2.24) is 4.98 Å². The SMILES string of the molecule is CC(C)(CCC(=O)O)Nc1ncc([N+](=O)[O-])cc1Cl. The van der Waals surface area contributed by atoms with Crippen molar-refractivity contribution in [1.29, 1.82) is 0 Å². The molecule has 8 heteroatoms. The Balaban J connectivity index is 2.81. The van der Waals surface area contributed by atoms with Gasteiger partial charge >= 0.3 is 5.97 Å². The average molecular weight is 288 g/mol. The highest BCUT2D eigenvalue weighted by molar-refractivity contribution is 6.33. The van der Waals surface area contributed by atoms with Gasteiger partial charge in [0.15, 0.2) is 0 Å². The molecule has 0 saturated heterocycles. The molecule has 1 heterocycles. The maximum Gasteiger partial charge on any atom is 0.303 e. The Morgan fingerprint density at radius 1 is 1.63 bits per heavy atom. The lowest BCUT2D eigenvalue weighted by Gasteiger charge is -2.26. The summed E-state index contributed by atoms with van der Waals surface area (Å²) in [4.78, 5) is 24.4. The molecule has 104 valence electrons. The van der Waals surface area contributed by atoms with Crippen molar-refractivity contribution in [2.45, 2.75) is 32.2 Å². The van der Waals surface area contributed by atoms with Gasteiger partial charge in [0.2, 0.25) is 0 Å². The third kappa shape index (κ3) is 4.70. The Hall–Kier alpha value is -1.89.